The molecule has 116 valence electrons. The summed E-state index contributed by atoms with van der Waals surface area (Å²) in [5.74, 6) is 0.123. The molecule has 1 unspecified atom stereocenters. The molecule has 4 heteroatoms. The normalized spacial score (nSPS) is 25.3. The van der Waals surface area contributed by atoms with Crippen LogP contribution in [0.1, 0.15) is 50.5 Å². The zero-order chi connectivity index (χ0) is 14.9. The average molecular weight is 308 g/mol. The minimum absolute atomic E-state index is 0.00822. The topological polar surface area (TPSA) is 43.4 Å². The number of hydrogen-bond donors (Lipinski definition) is 0. The van der Waals surface area contributed by atoms with Crippen molar-refractivity contribution in [2.75, 3.05) is 5.75 Å². The second-order valence-corrected chi connectivity index (χ2v) is 8.65. The molecule has 3 rings (SSSR count). The molecule has 0 radical (unpaired) electrons. The molecule has 3 nitrogen and oxygen atoms in total. The van der Waals surface area contributed by atoms with Crippen molar-refractivity contribution >= 4 is 9.84 Å². The molecule has 1 atom stereocenters. The molecule has 1 heterocycles. The predicted molar refractivity (Wildman–Crippen MR) is 83.2 cm³/mol. The summed E-state index contributed by atoms with van der Waals surface area (Å²) in [5, 5.41) is 0. The van der Waals surface area contributed by atoms with Gasteiger partial charge in [-0.05, 0) is 44.7 Å². The van der Waals surface area contributed by atoms with E-state index in [0.29, 0.717) is 4.90 Å². The molecular weight excluding hydrogens is 284 g/mol. The van der Waals surface area contributed by atoms with E-state index in [9.17, 15) is 8.42 Å². The van der Waals surface area contributed by atoms with Gasteiger partial charge < -0.3 is 4.74 Å². The number of aryl methyl sites for hydroxylation is 1. The zero-order valence-corrected chi connectivity index (χ0v) is 13.5. The van der Waals surface area contributed by atoms with Crippen LogP contribution in [-0.2, 0) is 14.6 Å². The van der Waals surface area contributed by atoms with Crippen molar-refractivity contribution in [2.24, 2.45) is 0 Å². The van der Waals surface area contributed by atoms with E-state index in [2.05, 4.69) is 0 Å². The highest BCUT2D eigenvalue weighted by Gasteiger charge is 2.42. The maximum absolute atomic E-state index is 12.5. The molecule has 0 bridgehead atoms. The third-order valence-corrected chi connectivity index (χ3v) is 6.69. The van der Waals surface area contributed by atoms with Crippen LogP contribution < -0.4 is 0 Å². The van der Waals surface area contributed by atoms with Crippen LogP contribution in [0.4, 0.5) is 0 Å². The first kappa shape index (κ1) is 15.0. The Hall–Kier alpha value is -0.870. The molecule has 1 aliphatic heterocycles. The Morgan fingerprint density at radius 3 is 2.43 bits per heavy atom. The van der Waals surface area contributed by atoms with Gasteiger partial charge in [-0.2, -0.15) is 0 Å². The Morgan fingerprint density at radius 1 is 1.10 bits per heavy atom. The highest BCUT2D eigenvalue weighted by atomic mass is 32.2. The summed E-state index contributed by atoms with van der Waals surface area (Å²) in [6, 6.07) is 7.11. The van der Waals surface area contributed by atoms with Crippen LogP contribution in [0, 0.1) is 6.92 Å². The van der Waals surface area contributed by atoms with Gasteiger partial charge in [0, 0.05) is 0 Å². The minimum atomic E-state index is -3.24. The second-order valence-electron chi connectivity index (χ2n) is 6.62. The van der Waals surface area contributed by atoms with E-state index in [-0.39, 0.29) is 17.5 Å². The van der Waals surface area contributed by atoms with Gasteiger partial charge in [-0.3, -0.25) is 0 Å². The van der Waals surface area contributed by atoms with Gasteiger partial charge >= 0.3 is 0 Å². The maximum atomic E-state index is 12.5. The highest BCUT2D eigenvalue weighted by Crippen LogP contribution is 2.42. The summed E-state index contributed by atoms with van der Waals surface area (Å²) in [7, 11) is -3.24. The Bertz CT molecular complexity index is 583. The van der Waals surface area contributed by atoms with Crippen LogP contribution in [0.2, 0.25) is 0 Å². The van der Waals surface area contributed by atoms with E-state index in [1.807, 2.05) is 19.1 Å². The van der Waals surface area contributed by atoms with Gasteiger partial charge in [0.05, 0.1) is 22.4 Å². The average Bonchev–Trinajstić information content (AvgIpc) is 2.82. The zero-order valence-electron chi connectivity index (χ0n) is 12.7. The van der Waals surface area contributed by atoms with Crippen molar-refractivity contribution in [1.29, 1.82) is 0 Å². The second kappa shape index (κ2) is 5.73. The van der Waals surface area contributed by atoms with Crippen LogP contribution in [0.3, 0.4) is 0 Å². The van der Waals surface area contributed by atoms with Gasteiger partial charge in [-0.1, -0.05) is 37.0 Å². The highest BCUT2D eigenvalue weighted by molar-refractivity contribution is 7.91. The summed E-state index contributed by atoms with van der Waals surface area (Å²) in [6.45, 7) is 1.96. The fourth-order valence-corrected chi connectivity index (χ4v) is 5.13. The van der Waals surface area contributed by atoms with Gasteiger partial charge in [0.2, 0.25) is 0 Å². The van der Waals surface area contributed by atoms with Crippen molar-refractivity contribution in [3.05, 3.63) is 29.8 Å². The SMILES string of the molecule is Cc1ccc(S(=O)(=O)CC2CCC3(CCCCC3)O2)cc1. The van der Waals surface area contributed by atoms with E-state index < -0.39 is 9.84 Å². The molecule has 2 aliphatic rings. The minimum Gasteiger partial charge on any atom is -0.371 e. The Morgan fingerprint density at radius 2 is 1.76 bits per heavy atom. The van der Waals surface area contributed by atoms with Crippen molar-refractivity contribution < 1.29 is 13.2 Å². The van der Waals surface area contributed by atoms with E-state index in [4.69, 9.17) is 4.74 Å². The number of hydrogen-bond acceptors (Lipinski definition) is 3. The monoisotopic (exact) mass is 308 g/mol. The van der Waals surface area contributed by atoms with Crippen LogP contribution in [-0.4, -0.2) is 25.9 Å². The van der Waals surface area contributed by atoms with Gasteiger partial charge in [-0.15, -0.1) is 0 Å². The number of ether oxygens (including phenoxy) is 1. The Labute approximate surface area is 127 Å². The quantitative estimate of drug-likeness (QED) is 0.856. The summed E-state index contributed by atoms with van der Waals surface area (Å²) in [6.07, 6.45) is 7.72. The van der Waals surface area contributed by atoms with Gasteiger partial charge in [0.1, 0.15) is 0 Å². The molecule has 1 aromatic rings. The van der Waals surface area contributed by atoms with Gasteiger partial charge in [-0.25, -0.2) is 8.42 Å². The molecule has 0 amide bonds. The van der Waals surface area contributed by atoms with Crippen LogP contribution in [0.5, 0.6) is 0 Å². The molecule has 21 heavy (non-hydrogen) atoms. The van der Waals surface area contributed by atoms with Crippen LogP contribution >= 0.6 is 0 Å². The number of benzene rings is 1. The lowest BCUT2D eigenvalue weighted by Crippen LogP contribution is -2.33. The fraction of sp³-hybridized carbons (Fsp3) is 0.647. The number of rotatable bonds is 3. The van der Waals surface area contributed by atoms with Crippen LogP contribution in [0.15, 0.2) is 29.2 Å². The fourth-order valence-electron chi connectivity index (χ4n) is 3.66. The van der Waals surface area contributed by atoms with Crippen molar-refractivity contribution in [3.8, 4) is 0 Å². The summed E-state index contributed by atoms with van der Waals surface area (Å²) < 4.78 is 31.2. The Kier molecular flexibility index (Phi) is 4.10. The first-order chi connectivity index (χ1) is 9.99. The summed E-state index contributed by atoms with van der Waals surface area (Å²) in [5.41, 5.74) is 1.07. The molecule has 0 N–H and O–H groups in total. The summed E-state index contributed by atoms with van der Waals surface area (Å²) >= 11 is 0. The molecule has 0 aromatic heterocycles. The molecular formula is C17H24O3S. The molecule has 1 saturated carbocycles. The first-order valence-corrected chi connectivity index (χ1v) is 9.62. The molecule has 1 aliphatic carbocycles. The van der Waals surface area contributed by atoms with Gasteiger partial charge in [0.25, 0.3) is 0 Å². The smallest absolute Gasteiger partial charge is 0.180 e. The standard InChI is InChI=1S/C17H24O3S/c1-14-5-7-16(8-6-14)21(18,19)13-15-9-12-17(20-15)10-3-2-4-11-17/h5-8,15H,2-4,9-13H2,1H3. The lowest BCUT2D eigenvalue weighted by Gasteiger charge is -2.33. The lowest BCUT2D eigenvalue weighted by molar-refractivity contribution is -0.0559. The van der Waals surface area contributed by atoms with Crippen molar-refractivity contribution in [1.82, 2.24) is 0 Å². The molecule has 1 aromatic carbocycles. The number of sulfone groups is 1. The molecule has 2 fully saturated rings. The lowest BCUT2D eigenvalue weighted by atomic mass is 9.83. The van der Waals surface area contributed by atoms with E-state index >= 15 is 0 Å². The van der Waals surface area contributed by atoms with E-state index in [0.717, 1.165) is 31.2 Å². The first-order valence-electron chi connectivity index (χ1n) is 7.96. The third-order valence-electron chi connectivity index (χ3n) is 4.89. The third kappa shape index (κ3) is 3.32. The van der Waals surface area contributed by atoms with Crippen LogP contribution in [0.25, 0.3) is 0 Å². The predicted octanol–water partition coefficient (Wildman–Crippen LogP) is 3.65. The summed E-state index contributed by atoms with van der Waals surface area (Å²) in [4.78, 5) is 0.418. The maximum Gasteiger partial charge on any atom is 0.180 e. The Balaban J connectivity index is 1.68. The largest absolute Gasteiger partial charge is 0.371 e. The van der Waals surface area contributed by atoms with E-state index in [1.165, 1.54) is 19.3 Å². The van der Waals surface area contributed by atoms with Crippen molar-refractivity contribution in [3.63, 3.8) is 0 Å². The van der Waals surface area contributed by atoms with Gasteiger partial charge in [0.15, 0.2) is 9.84 Å². The van der Waals surface area contributed by atoms with E-state index in [1.54, 1.807) is 12.1 Å². The molecule has 1 spiro atoms. The van der Waals surface area contributed by atoms with Crippen molar-refractivity contribution in [2.45, 2.75) is 68.5 Å². The molecule has 1 saturated heterocycles.